The first-order valence-electron chi connectivity index (χ1n) is 8.25. The molecule has 0 aromatic heterocycles. The van der Waals surface area contributed by atoms with E-state index in [9.17, 15) is 13.2 Å². The topological polar surface area (TPSA) is 76.2 Å². The monoisotopic (exact) mass is 370 g/mol. The minimum atomic E-state index is -3.79. The fraction of sp³-hybridized carbons (Fsp3) is 0.588. The average molecular weight is 370 g/mol. The highest BCUT2D eigenvalue weighted by molar-refractivity contribution is 7.89. The van der Waals surface area contributed by atoms with Gasteiger partial charge in [0.2, 0.25) is 15.9 Å². The number of likely N-dealkylation sites (tertiary alicyclic amines) is 1. The lowest BCUT2D eigenvalue weighted by atomic mass is 10.0. The number of carbonyl (C=O) groups excluding carboxylic acids is 1. The van der Waals surface area contributed by atoms with Gasteiger partial charge in [-0.25, -0.2) is 8.42 Å². The highest BCUT2D eigenvalue weighted by Gasteiger charge is 2.28. The second kappa shape index (κ2) is 8.05. The molecule has 7 nitrogen and oxygen atoms in total. The van der Waals surface area contributed by atoms with Crippen molar-refractivity contribution < 1.29 is 22.7 Å². The van der Waals surface area contributed by atoms with Crippen LogP contribution in [0.1, 0.15) is 19.8 Å². The van der Waals surface area contributed by atoms with Crippen LogP contribution in [-0.2, 0) is 14.8 Å². The van der Waals surface area contributed by atoms with E-state index < -0.39 is 10.0 Å². The van der Waals surface area contributed by atoms with E-state index in [4.69, 9.17) is 9.47 Å². The van der Waals surface area contributed by atoms with E-state index in [1.807, 2.05) is 0 Å². The molecular formula is C17H26N2O5S. The first kappa shape index (κ1) is 19.5. The van der Waals surface area contributed by atoms with Gasteiger partial charge >= 0.3 is 0 Å². The van der Waals surface area contributed by atoms with Crippen molar-refractivity contribution in [2.75, 3.05) is 40.9 Å². The molecule has 1 aliphatic heterocycles. The summed E-state index contributed by atoms with van der Waals surface area (Å²) >= 11 is 0. The van der Waals surface area contributed by atoms with Crippen LogP contribution in [0.15, 0.2) is 23.1 Å². The lowest BCUT2D eigenvalue weighted by molar-refractivity contribution is -0.132. The van der Waals surface area contributed by atoms with E-state index in [1.165, 1.54) is 39.5 Å². The van der Waals surface area contributed by atoms with Gasteiger partial charge in [-0.2, -0.15) is 4.31 Å². The van der Waals surface area contributed by atoms with Gasteiger partial charge in [-0.1, -0.05) is 6.92 Å². The van der Waals surface area contributed by atoms with Gasteiger partial charge in [0.1, 0.15) is 0 Å². The van der Waals surface area contributed by atoms with Crippen LogP contribution >= 0.6 is 0 Å². The molecular weight excluding hydrogens is 344 g/mol. The quantitative estimate of drug-likeness (QED) is 0.760. The largest absolute Gasteiger partial charge is 0.493 e. The van der Waals surface area contributed by atoms with Crippen LogP contribution in [0, 0.1) is 5.92 Å². The minimum Gasteiger partial charge on any atom is -0.493 e. The Kier molecular flexibility index (Phi) is 6.29. The molecule has 2 rings (SSSR count). The van der Waals surface area contributed by atoms with Gasteiger partial charge in [0.05, 0.1) is 25.7 Å². The normalized spacial score (nSPS) is 18.3. The first-order valence-corrected chi connectivity index (χ1v) is 9.69. The van der Waals surface area contributed by atoms with Crippen LogP contribution in [0.25, 0.3) is 0 Å². The van der Waals surface area contributed by atoms with Crippen molar-refractivity contribution in [1.82, 2.24) is 9.21 Å². The number of benzene rings is 1. The molecule has 1 aromatic carbocycles. The summed E-state index contributed by atoms with van der Waals surface area (Å²) in [6.07, 6.45) is 2.06. The third kappa shape index (κ3) is 4.43. The number of hydrogen-bond donors (Lipinski definition) is 0. The second-order valence-electron chi connectivity index (χ2n) is 6.37. The van der Waals surface area contributed by atoms with Gasteiger partial charge in [0.15, 0.2) is 11.5 Å². The number of nitrogens with zero attached hydrogens (tertiary/aromatic N) is 2. The van der Waals surface area contributed by atoms with E-state index in [0.717, 1.165) is 17.1 Å². The molecule has 25 heavy (non-hydrogen) atoms. The Morgan fingerprint density at radius 2 is 1.96 bits per heavy atom. The molecule has 0 aliphatic carbocycles. The average Bonchev–Trinajstić information content (AvgIpc) is 2.60. The standard InChI is InChI=1S/C17H26N2O5S/c1-13-6-5-9-19(11-13)17(20)12-18(2)25(21,22)14-7-8-15(23-3)16(10-14)24-4/h7-8,10,13H,5-6,9,11-12H2,1-4H3/t13-/m0/s1. The predicted molar refractivity (Wildman–Crippen MR) is 94.3 cm³/mol. The summed E-state index contributed by atoms with van der Waals surface area (Å²) < 4.78 is 36.8. The van der Waals surface area contributed by atoms with Crippen molar-refractivity contribution in [2.45, 2.75) is 24.7 Å². The maximum atomic E-state index is 12.7. The molecule has 1 aromatic rings. The highest BCUT2D eigenvalue weighted by atomic mass is 32.2. The van der Waals surface area contributed by atoms with E-state index >= 15 is 0 Å². The lowest BCUT2D eigenvalue weighted by Crippen LogP contribution is -2.45. The molecule has 1 saturated heterocycles. The zero-order chi connectivity index (χ0) is 18.6. The van der Waals surface area contributed by atoms with Gasteiger partial charge in [0.25, 0.3) is 0 Å². The SMILES string of the molecule is COc1ccc(S(=O)(=O)N(C)CC(=O)N2CCC[C@H](C)C2)cc1OC. The molecule has 8 heteroatoms. The Balaban J connectivity index is 2.14. The fourth-order valence-electron chi connectivity index (χ4n) is 2.95. The van der Waals surface area contributed by atoms with Gasteiger partial charge in [-0.15, -0.1) is 0 Å². The smallest absolute Gasteiger partial charge is 0.243 e. The first-order chi connectivity index (χ1) is 11.8. The van der Waals surface area contributed by atoms with E-state index in [0.29, 0.717) is 30.5 Å². The highest BCUT2D eigenvalue weighted by Crippen LogP contribution is 2.30. The molecule has 0 unspecified atom stereocenters. The summed E-state index contributed by atoms with van der Waals surface area (Å²) in [4.78, 5) is 14.2. The maximum Gasteiger partial charge on any atom is 0.243 e. The zero-order valence-corrected chi connectivity index (χ0v) is 16.0. The summed E-state index contributed by atoms with van der Waals surface area (Å²) in [5.74, 6) is 1.05. The molecule has 1 amide bonds. The number of amides is 1. The van der Waals surface area contributed by atoms with Gasteiger partial charge in [-0.05, 0) is 30.9 Å². The number of hydrogen-bond acceptors (Lipinski definition) is 5. The van der Waals surface area contributed by atoms with Crippen LogP contribution in [0.2, 0.25) is 0 Å². The van der Waals surface area contributed by atoms with Gasteiger partial charge in [0, 0.05) is 26.2 Å². The van der Waals surface area contributed by atoms with E-state index in [1.54, 1.807) is 4.90 Å². The lowest BCUT2D eigenvalue weighted by Gasteiger charge is -2.32. The summed E-state index contributed by atoms with van der Waals surface area (Å²) in [7, 11) is 0.547. The Morgan fingerprint density at radius 1 is 1.28 bits per heavy atom. The predicted octanol–water partition coefficient (Wildman–Crippen LogP) is 1.58. The fourth-order valence-corrected chi connectivity index (χ4v) is 4.08. The Labute approximate surface area is 149 Å². The summed E-state index contributed by atoms with van der Waals surface area (Å²) in [6.45, 7) is 3.30. The number of methoxy groups -OCH3 is 2. The second-order valence-corrected chi connectivity index (χ2v) is 8.41. The molecule has 0 saturated carbocycles. The third-order valence-electron chi connectivity index (χ3n) is 4.43. The molecule has 1 fully saturated rings. The summed E-state index contributed by atoms with van der Waals surface area (Å²) in [5, 5.41) is 0. The number of ether oxygens (including phenoxy) is 2. The zero-order valence-electron chi connectivity index (χ0n) is 15.2. The maximum absolute atomic E-state index is 12.7. The molecule has 0 N–H and O–H groups in total. The van der Waals surface area contributed by atoms with Gasteiger partial charge < -0.3 is 14.4 Å². The van der Waals surface area contributed by atoms with Crippen molar-refractivity contribution >= 4 is 15.9 Å². The molecule has 0 bridgehead atoms. The van der Waals surface area contributed by atoms with Crippen LogP contribution in [0.4, 0.5) is 0 Å². The molecule has 1 aliphatic rings. The molecule has 0 radical (unpaired) electrons. The number of likely N-dealkylation sites (N-methyl/N-ethyl adjacent to an activating group) is 1. The number of piperidine rings is 1. The van der Waals surface area contributed by atoms with Crippen molar-refractivity contribution in [3.63, 3.8) is 0 Å². The Morgan fingerprint density at radius 3 is 2.56 bits per heavy atom. The number of rotatable bonds is 6. The molecule has 0 spiro atoms. The third-order valence-corrected chi connectivity index (χ3v) is 6.23. The van der Waals surface area contributed by atoms with Crippen molar-refractivity contribution in [2.24, 2.45) is 5.92 Å². The van der Waals surface area contributed by atoms with Crippen LogP contribution in [0.5, 0.6) is 11.5 Å². The summed E-state index contributed by atoms with van der Waals surface area (Å²) in [5.41, 5.74) is 0. The number of carbonyl (C=O) groups is 1. The van der Waals surface area contributed by atoms with Crippen molar-refractivity contribution in [1.29, 1.82) is 0 Å². The van der Waals surface area contributed by atoms with Crippen molar-refractivity contribution in [3.05, 3.63) is 18.2 Å². The summed E-state index contributed by atoms with van der Waals surface area (Å²) in [6, 6.07) is 4.38. The Hall–Kier alpha value is -1.80. The van der Waals surface area contributed by atoms with E-state index in [-0.39, 0.29) is 17.3 Å². The minimum absolute atomic E-state index is 0.0625. The van der Waals surface area contributed by atoms with Gasteiger partial charge in [-0.3, -0.25) is 4.79 Å². The number of sulfonamides is 1. The van der Waals surface area contributed by atoms with Crippen molar-refractivity contribution in [3.8, 4) is 11.5 Å². The van der Waals surface area contributed by atoms with Crippen LogP contribution in [0.3, 0.4) is 0 Å². The molecule has 1 atom stereocenters. The Bertz CT molecular complexity index is 720. The molecule has 140 valence electrons. The molecule has 1 heterocycles. The van der Waals surface area contributed by atoms with Crippen LogP contribution < -0.4 is 9.47 Å². The van der Waals surface area contributed by atoms with E-state index in [2.05, 4.69) is 6.92 Å². The van der Waals surface area contributed by atoms with Crippen LogP contribution in [-0.4, -0.2) is 64.4 Å².